The van der Waals surface area contributed by atoms with Gasteiger partial charge in [-0.25, -0.2) is 9.78 Å². The number of fused-ring (bicyclic) bond motifs is 1. The second kappa shape index (κ2) is 7.81. The Balaban J connectivity index is 1.99. The van der Waals surface area contributed by atoms with Gasteiger partial charge < -0.3 is 14.7 Å². The van der Waals surface area contributed by atoms with Crippen LogP contribution in [-0.4, -0.2) is 34.1 Å². The van der Waals surface area contributed by atoms with Gasteiger partial charge >= 0.3 is 11.7 Å². The number of nitro benzene ring substituents is 1. The molecule has 1 aromatic heterocycles. The highest BCUT2D eigenvalue weighted by Gasteiger charge is 2.22. The summed E-state index contributed by atoms with van der Waals surface area (Å²) in [4.78, 5) is 28.0. The predicted octanol–water partition coefficient (Wildman–Crippen LogP) is 4.53. The van der Waals surface area contributed by atoms with Crippen LogP contribution in [0.4, 0.5) is 17.2 Å². The molecule has 144 valence electrons. The number of halogens is 1. The van der Waals surface area contributed by atoms with Crippen molar-refractivity contribution in [3.05, 3.63) is 63.1 Å². The zero-order chi connectivity index (χ0) is 20.4. The van der Waals surface area contributed by atoms with Gasteiger partial charge in [0.05, 0.1) is 10.4 Å². The third-order valence-electron chi connectivity index (χ3n) is 4.16. The quantitative estimate of drug-likeness (QED) is 0.438. The van der Waals surface area contributed by atoms with Crippen LogP contribution in [0, 0.1) is 10.1 Å². The highest BCUT2D eigenvalue weighted by atomic mass is 79.9. The second-order valence-electron chi connectivity index (χ2n) is 6.07. The fourth-order valence-corrected chi connectivity index (χ4v) is 2.98. The number of carbonyl (C=O) groups is 1. The molecular formula is C19H16BrN3O5. The number of benzene rings is 2. The molecule has 28 heavy (non-hydrogen) atoms. The molecular weight excluding hydrogens is 430 g/mol. The zero-order valence-corrected chi connectivity index (χ0v) is 16.6. The molecule has 0 fully saturated rings. The van der Waals surface area contributed by atoms with E-state index in [1.807, 2.05) is 30.3 Å². The second-order valence-corrected chi connectivity index (χ2v) is 6.99. The largest absolute Gasteiger partial charge is 0.479 e. The highest BCUT2D eigenvalue weighted by molar-refractivity contribution is 9.10. The molecule has 1 unspecified atom stereocenters. The molecule has 0 aliphatic rings. The lowest BCUT2D eigenvalue weighted by atomic mass is 10.2. The first-order chi connectivity index (χ1) is 13.3. The standard InChI is InChI=1S/C19H16BrN3O5/c1-11(19(24)25)28-17-10-14(5-7-16(17)23(26)27)22(2)18-8-3-12-9-13(20)4-6-15(12)21-18/h3-11H,1-2H3,(H,24,25). The average Bonchev–Trinajstić information content (AvgIpc) is 2.66. The smallest absolute Gasteiger partial charge is 0.344 e. The first kappa shape index (κ1) is 19.6. The molecule has 3 rings (SSSR count). The molecule has 0 aliphatic carbocycles. The molecule has 0 radical (unpaired) electrons. The number of carboxylic acids is 1. The van der Waals surface area contributed by atoms with E-state index in [0.29, 0.717) is 11.5 Å². The molecule has 0 spiro atoms. The lowest BCUT2D eigenvalue weighted by Gasteiger charge is -2.20. The number of aliphatic carboxylic acids is 1. The molecule has 0 saturated heterocycles. The minimum atomic E-state index is -1.23. The van der Waals surface area contributed by atoms with Crippen LogP contribution in [0.5, 0.6) is 5.75 Å². The maximum atomic E-state index is 11.2. The van der Waals surface area contributed by atoms with Crippen LogP contribution >= 0.6 is 15.9 Å². The summed E-state index contributed by atoms with van der Waals surface area (Å²) in [7, 11) is 1.76. The SMILES string of the molecule is CC(Oc1cc(N(C)c2ccc3cc(Br)ccc3n2)ccc1[N+](=O)[O-])C(=O)O. The van der Waals surface area contributed by atoms with Crippen LogP contribution in [0.15, 0.2) is 53.0 Å². The number of hydrogen-bond donors (Lipinski definition) is 1. The summed E-state index contributed by atoms with van der Waals surface area (Å²) in [6.45, 7) is 1.31. The van der Waals surface area contributed by atoms with Crippen LogP contribution in [0.3, 0.4) is 0 Å². The monoisotopic (exact) mass is 445 g/mol. The molecule has 0 bridgehead atoms. The summed E-state index contributed by atoms with van der Waals surface area (Å²) in [6, 6.07) is 13.8. The Morgan fingerprint density at radius 2 is 2.00 bits per heavy atom. The molecule has 1 N–H and O–H groups in total. The number of nitro groups is 1. The van der Waals surface area contributed by atoms with Gasteiger partial charge in [0.2, 0.25) is 0 Å². The summed E-state index contributed by atoms with van der Waals surface area (Å²) in [6.07, 6.45) is -1.23. The number of pyridine rings is 1. The van der Waals surface area contributed by atoms with Crippen LogP contribution in [0.1, 0.15) is 6.92 Å². The first-order valence-corrected chi connectivity index (χ1v) is 9.03. The Kier molecular flexibility index (Phi) is 5.46. The van der Waals surface area contributed by atoms with Gasteiger partial charge in [0, 0.05) is 34.7 Å². The third kappa shape index (κ3) is 4.04. The third-order valence-corrected chi connectivity index (χ3v) is 4.65. The van der Waals surface area contributed by atoms with Crippen LogP contribution in [0.25, 0.3) is 10.9 Å². The first-order valence-electron chi connectivity index (χ1n) is 8.24. The van der Waals surface area contributed by atoms with E-state index in [0.717, 1.165) is 15.4 Å². The molecule has 3 aromatic rings. The molecule has 9 heteroatoms. The van der Waals surface area contributed by atoms with Crippen molar-refractivity contribution in [2.45, 2.75) is 13.0 Å². The predicted molar refractivity (Wildman–Crippen MR) is 108 cm³/mol. The Morgan fingerprint density at radius 1 is 1.25 bits per heavy atom. The van der Waals surface area contributed by atoms with Gasteiger partial charge in [-0.1, -0.05) is 15.9 Å². The van der Waals surface area contributed by atoms with E-state index in [1.54, 1.807) is 18.0 Å². The maximum absolute atomic E-state index is 11.2. The number of aromatic nitrogens is 1. The molecule has 1 atom stereocenters. The van der Waals surface area contributed by atoms with Crippen molar-refractivity contribution in [1.82, 2.24) is 4.98 Å². The van der Waals surface area contributed by atoms with Gasteiger partial charge in [-0.3, -0.25) is 10.1 Å². The lowest BCUT2D eigenvalue weighted by Crippen LogP contribution is -2.23. The van der Waals surface area contributed by atoms with E-state index in [1.165, 1.54) is 19.1 Å². The number of nitrogens with zero attached hydrogens (tertiary/aromatic N) is 3. The maximum Gasteiger partial charge on any atom is 0.344 e. The molecule has 2 aromatic carbocycles. The fourth-order valence-electron chi connectivity index (χ4n) is 2.60. The van der Waals surface area contributed by atoms with E-state index in [2.05, 4.69) is 20.9 Å². The van der Waals surface area contributed by atoms with Gasteiger partial charge in [0.1, 0.15) is 5.82 Å². The van der Waals surface area contributed by atoms with Crippen molar-refractivity contribution in [2.24, 2.45) is 0 Å². The Labute approximate surface area is 168 Å². The summed E-state index contributed by atoms with van der Waals surface area (Å²) in [5, 5.41) is 21.2. The topological polar surface area (TPSA) is 106 Å². The summed E-state index contributed by atoms with van der Waals surface area (Å²) >= 11 is 3.42. The molecule has 1 heterocycles. The Morgan fingerprint density at radius 3 is 2.68 bits per heavy atom. The molecule has 0 aliphatic heterocycles. The minimum Gasteiger partial charge on any atom is -0.479 e. The van der Waals surface area contributed by atoms with Gasteiger partial charge in [-0.05, 0) is 43.3 Å². The fraction of sp³-hybridized carbons (Fsp3) is 0.158. The number of rotatable bonds is 6. The van der Waals surface area contributed by atoms with Crippen molar-refractivity contribution >= 4 is 50.0 Å². The van der Waals surface area contributed by atoms with Crippen LogP contribution in [-0.2, 0) is 4.79 Å². The number of carboxylic acid groups (broad SMARTS) is 1. The van der Waals surface area contributed by atoms with Crippen molar-refractivity contribution in [2.75, 3.05) is 11.9 Å². The van der Waals surface area contributed by atoms with E-state index in [9.17, 15) is 14.9 Å². The normalized spacial score (nSPS) is 11.8. The molecule has 0 saturated carbocycles. The Bertz CT molecular complexity index is 1070. The lowest BCUT2D eigenvalue weighted by molar-refractivity contribution is -0.386. The minimum absolute atomic E-state index is 0.117. The van der Waals surface area contributed by atoms with Crippen molar-refractivity contribution in [3.8, 4) is 5.75 Å². The number of ether oxygens (including phenoxy) is 1. The van der Waals surface area contributed by atoms with Gasteiger partial charge in [-0.2, -0.15) is 0 Å². The van der Waals surface area contributed by atoms with E-state index >= 15 is 0 Å². The van der Waals surface area contributed by atoms with E-state index in [4.69, 9.17) is 9.84 Å². The van der Waals surface area contributed by atoms with Crippen molar-refractivity contribution in [1.29, 1.82) is 0 Å². The zero-order valence-electron chi connectivity index (χ0n) is 15.0. The van der Waals surface area contributed by atoms with Crippen molar-refractivity contribution < 1.29 is 19.6 Å². The van der Waals surface area contributed by atoms with Gasteiger partial charge in [-0.15, -0.1) is 0 Å². The summed E-state index contributed by atoms with van der Waals surface area (Å²) in [5.74, 6) is -0.703. The van der Waals surface area contributed by atoms with Crippen LogP contribution < -0.4 is 9.64 Å². The van der Waals surface area contributed by atoms with Crippen molar-refractivity contribution in [3.63, 3.8) is 0 Å². The van der Waals surface area contributed by atoms with Gasteiger partial charge in [0.15, 0.2) is 11.9 Å². The summed E-state index contributed by atoms with van der Waals surface area (Å²) < 4.78 is 6.24. The highest BCUT2D eigenvalue weighted by Crippen LogP contribution is 2.34. The van der Waals surface area contributed by atoms with Gasteiger partial charge in [0.25, 0.3) is 0 Å². The molecule has 0 amide bonds. The van der Waals surface area contributed by atoms with E-state index < -0.39 is 17.0 Å². The number of anilines is 2. The van der Waals surface area contributed by atoms with Crippen LogP contribution in [0.2, 0.25) is 0 Å². The Hall–Kier alpha value is -3.20. The summed E-state index contributed by atoms with van der Waals surface area (Å²) in [5.41, 5.74) is 1.06. The number of hydrogen-bond acceptors (Lipinski definition) is 6. The average molecular weight is 446 g/mol. The van der Waals surface area contributed by atoms with E-state index in [-0.39, 0.29) is 11.4 Å². The molecule has 8 nitrogen and oxygen atoms in total.